The molecule has 1 heterocycles. The van der Waals surface area contributed by atoms with Gasteiger partial charge in [0.15, 0.2) is 0 Å². The van der Waals surface area contributed by atoms with Gasteiger partial charge in [0, 0.05) is 16.0 Å². The fourth-order valence-corrected chi connectivity index (χ4v) is 4.19. The second kappa shape index (κ2) is 10.2. The largest absolute Gasteiger partial charge is 0.478 e. The van der Waals surface area contributed by atoms with Crippen molar-refractivity contribution >= 4 is 51.8 Å². The lowest BCUT2D eigenvalue weighted by Gasteiger charge is -2.13. The number of fused-ring (bicyclic) bond motifs is 1. The smallest absolute Gasteiger partial charge is 0.336 e. The summed E-state index contributed by atoms with van der Waals surface area (Å²) in [5.74, 6) is -1.82. The van der Waals surface area contributed by atoms with Crippen LogP contribution in [-0.2, 0) is 4.79 Å². The predicted molar refractivity (Wildman–Crippen MR) is 133 cm³/mol. The van der Waals surface area contributed by atoms with Crippen LogP contribution in [0.15, 0.2) is 90.0 Å². The van der Waals surface area contributed by atoms with Crippen LogP contribution in [0.4, 0.5) is 11.4 Å². The van der Waals surface area contributed by atoms with Crippen LogP contribution >= 0.6 is 11.8 Å². The molecule has 0 fully saturated rings. The summed E-state index contributed by atoms with van der Waals surface area (Å²) in [5, 5.41) is 15.5. The van der Waals surface area contributed by atoms with Crippen LogP contribution in [0.25, 0.3) is 10.9 Å². The molecule has 0 saturated heterocycles. The van der Waals surface area contributed by atoms with Crippen molar-refractivity contribution in [3.63, 3.8) is 0 Å². The summed E-state index contributed by atoms with van der Waals surface area (Å²) in [4.78, 5) is 41.7. The second-order valence-electron chi connectivity index (χ2n) is 7.50. The molecule has 34 heavy (non-hydrogen) atoms. The van der Waals surface area contributed by atoms with Gasteiger partial charge in [-0.25, -0.2) is 4.79 Å². The Morgan fingerprint density at radius 1 is 0.853 bits per heavy atom. The number of carbonyl (C=O) groups is 3. The number of para-hydroxylation sites is 1. The Morgan fingerprint density at radius 2 is 1.53 bits per heavy atom. The maximum Gasteiger partial charge on any atom is 0.336 e. The Morgan fingerprint density at radius 3 is 2.26 bits per heavy atom. The number of nitrogens with one attached hydrogen (secondary N) is 2. The van der Waals surface area contributed by atoms with Crippen molar-refractivity contribution in [2.45, 2.75) is 17.1 Å². The molecule has 0 unspecified atom stereocenters. The summed E-state index contributed by atoms with van der Waals surface area (Å²) >= 11 is 1.38. The van der Waals surface area contributed by atoms with Gasteiger partial charge in [0.05, 0.1) is 33.8 Å². The fourth-order valence-electron chi connectivity index (χ4n) is 3.32. The number of amides is 2. The molecule has 0 aliphatic carbocycles. The van der Waals surface area contributed by atoms with E-state index in [9.17, 15) is 19.5 Å². The number of hydrogen-bond donors (Lipinski definition) is 3. The molecule has 3 N–H and O–H groups in total. The van der Waals surface area contributed by atoms with Crippen LogP contribution in [0.3, 0.4) is 0 Å². The first-order valence-corrected chi connectivity index (χ1v) is 11.3. The minimum absolute atomic E-state index is 0.0615. The van der Waals surface area contributed by atoms with Crippen LogP contribution in [0, 0.1) is 0 Å². The molecule has 4 rings (SSSR count). The van der Waals surface area contributed by atoms with E-state index < -0.39 is 11.9 Å². The number of carboxylic acids is 1. The highest BCUT2D eigenvalue weighted by Gasteiger charge is 2.17. The minimum atomic E-state index is -1.16. The molecular weight excluding hydrogens is 450 g/mol. The first-order valence-electron chi connectivity index (χ1n) is 10.5. The van der Waals surface area contributed by atoms with Crippen molar-refractivity contribution in [1.82, 2.24) is 4.98 Å². The Bertz CT molecular complexity index is 1370. The number of benzene rings is 3. The van der Waals surface area contributed by atoms with E-state index in [0.717, 1.165) is 15.8 Å². The van der Waals surface area contributed by atoms with Gasteiger partial charge in [-0.1, -0.05) is 30.3 Å². The van der Waals surface area contributed by atoms with Crippen LogP contribution < -0.4 is 10.6 Å². The molecule has 2 amide bonds. The molecule has 0 aliphatic heterocycles. The van der Waals surface area contributed by atoms with Crippen LogP contribution in [0.1, 0.15) is 27.6 Å². The Hall–Kier alpha value is -4.17. The zero-order valence-corrected chi connectivity index (χ0v) is 19.0. The van der Waals surface area contributed by atoms with Crippen molar-refractivity contribution in [3.8, 4) is 0 Å². The number of hydrogen-bond acceptors (Lipinski definition) is 5. The van der Waals surface area contributed by atoms with Crippen molar-refractivity contribution in [1.29, 1.82) is 0 Å². The number of rotatable bonds is 7. The topological polar surface area (TPSA) is 108 Å². The molecular formula is C26H21N3O4S. The maximum absolute atomic E-state index is 12.6. The van der Waals surface area contributed by atoms with Gasteiger partial charge in [-0.15, -0.1) is 11.8 Å². The zero-order valence-electron chi connectivity index (χ0n) is 18.2. The van der Waals surface area contributed by atoms with Gasteiger partial charge in [-0.3, -0.25) is 14.6 Å². The molecule has 0 spiro atoms. The number of pyridine rings is 1. The highest BCUT2D eigenvalue weighted by Crippen LogP contribution is 2.26. The molecule has 0 saturated carbocycles. The van der Waals surface area contributed by atoms with Crippen molar-refractivity contribution < 1.29 is 19.5 Å². The minimum Gasteiger partial charge on any atom is -0.478 e. The highest BCUT2D eigenvalue weighted by molar-refractivity contribution is 8.00. The van der Waals surface area contributed by atoms with E-state index in [1.165, 1.54) is 23.9 Å². The average molecular weight is 472 g/mol. The number of aromatic nitrogens is 1. The first kappa shape index (κ1) is 23.0. The molecule has 1 aromatic heterocycles. The van der Waals surface area contributed by atoms with Gasteiger partial charge in [-0.2, -0.15) is 0 Å². The van der Waals surface area contributed by atoms with E-state index in [0.29, 0.717) is 11.4 Å². The van der Waals surface area contributed by atoms with Gasteiger partial charge in [0.1, 0.15) is 0 Å². The third-order valence-electron chi connectivity index (χ3n) is 5.05. The van der Waals surface area contributed by atoms with Gasteiger partial charge < -0.3 is 15.7 Å². The molecule has 8 heteroatoms. The van der Waals surface area contributed by atoms with Gasteiger partial charge >= 0.3 is 5.97 Å². The lowest BCUT2D eigenvalue weighted by Crippen LogP contribution is -2.22. The van der Waals surface area contributed by atoms with E-state index in [1.807, 2.05) is 37.3 Å². The number of aromatic carboxylic acids is 1. The lowest BCUT2D eigenvalue weighted by molar-refractivity contribution is -0.115. The maximum atomic E-state index is 12.6. The number of anilines is 2. The van der Waals surface area contributed by atoms with E-state index in [2.05, 4.69) is 15.6 Å². The third-order valence-corrected chi connectivity index (χ3v) is 6.17. The van der Waals surface area contributed by atoms with Crippen LogP contribution in [0.2, 0.25) is 0 Å². The summed E-state index contributed by atoms with van der Waals surface area (Å²) in [6.45, 7) is 1.81. The van der Waals surface area contributed by atoms with E-state index in [-0.39, 0.29) is 22.3 Å². The molecule has 0 bridgehead atoms. The van der Waals surface area contributed by atoms with Gasteiger partial charge in [0.25, 0.3) is 5.91 Å². The molecule has 1 atom stereocenters. The normalized spacial score (nSPS) is 11.6. The average Bonchev–Trinajstić information content (AvgIpc) is 2.85. The van der Waals surface area contributed by atoms with E-state index in [4.69, 9.17) is 0 Å². The SMILES string of the molecule is C[C@@H](Sc1ccc(NC(=O)c2ccccc2C(=O)O)cc1)C(=O)Nc1cnc2ccccc2c1. The summed E-state index contributed by atoms with van der Waals surface area (Å²) in [6.07, 6.45) is 1.64. The van der Waals surface area contributed by atoms with Crippen LogP contribution in [0.5, 0.6) is 0 Å². The molecule has 170 valence electrons. The summed E-state index contributed by atoms with van der Waals surface area (Å²) in [6, 6.07) is 22.6. The third kappa shape index (κ3) is 5.41. The number of carbonyl (C=O) groups excluding carboxylic acids is 2. The molecule has 0 radical (unpaired) electrons. The molecule has 3 aromatic carbocycles. The molecule has 7 nitrogen and oxygen atoms in total. The highest BCUT2D eigenvalue weighted by atomic mass is 32.2. The Labute approximate surface area is 200 Å². The van der Waals surface area contributed by atoms with Crippen molar-refractivity contribution in [2.75, 3.05) is 10.6 Å². The molecule has 0 aliphatic rings. The fraction of sp³-hybridized carbons (Fsp3) is 0.0769. The van der Waals surface area contributed by atoms with Crippen LogP contribution in [-0.4, -0.2) is 33.1 Å². The predicted octanol–water partition coefficient (Wildman–Crippen LogP) is 5.30. The van der Waals surface area contributed by atoms with E-state index in [1.54, 1.807) is 42.6 Å². The Kier molecular flexibility index (Phi) is 6.89. The quantitative estimate of drug-likeness (QED) is 0.316. The second-order valence-corrected chi connectivity index (χ2v) is 8.91. The lowest BCUT2D eigenvalue weighted by atomic mass is 10.1. The van der Waals surface area contributed by atoms with Gasteiger partial charge in [-0.05, 0) is 55.5 Å². The summed E-state index contributed by atoms with van der Waals surface area (Å²) < 4.78 is 0. The Balaban J connectivity index is 1.36. The van der Waals surface area contributed by atoms with E-state index >= 15 is 0 Å². The summed E-state index contributed by atoms with van der Waals surface area (Å²) in [5.41, 5.74) is 2.04. The van der Waals surface area contributed by atoms with Crippen molar-refractivity contribution in [3.05, 3.63) is 96.2 Å². The first-order chi connectivity index (χ1) is 16.4. The number of nitrogens with zero attached hydrogens (tertiary/aromatic N) is 1. The number of thioether (sulfide) groups is 1. The summed E-state index contributed by atoms with van der Waals surface area (Å²) in [7, 11) is 0. The van der Waals surface area contributed by atoms with Gasteiger partial charge in [0.2, 0.25) is 5.91 Å². The number of carboxylic acid groups (broad SMARTS) is 1. The molecule has 4 aromatic rings. The van der Waals surface area contributed by atoms with Crippen molar-refractivity contribution in [2.24, 2.45) is 0 Å². The monoisotopic (exact) mass is 471 g/mol. The standard InChI is InChI=1S/C26H21N3O4S/c1-16(24(30)29-19-14-17-6-2-5-9-23(17)27-15-19)34-20-12-10-18(11-13-20)28-25(31)21-7-3-4-8-22(21)26(32)33/h2-16H,1H3,(H,28,31)(H,29,30)(H,32,33)/t16-/m1/s1. The zero-order chi connectivity index (χ0) is 24.1.